The average molecular weight is 318 g/mol. The summed E-state index contributed by atoms with van der Waals surface area (Å²) in [6.45, 7) is 5.66. The van der Waals surface area contributed by atoms with Crippen LogP contribution in [0.1, 0.15) is 32.8 Å². The Morgan fingerprint density at radius 2 is 2.05 bits per heavy atom. The summed E-state index contributed by atoms with van der Waals surface area (Å²) in [7, 11) is 0. The van der Waals surface area contributed by atoms with Gasteiger partial charge in [0, 0.05) is 12.1 Å². The first kappa shape index (κ1) is 17.4. The number of carbonyl (C=O) groups excluding carboxylic acids is 1. The molecule has 0 aliphatic rings. The minimum atomic E-state index is -0.798. The monoisotopic (exact) mass is 317 g/mol. The Balaban J connectivity index is 2.43. The number of amides is 1. The van der Waals surface area contributed by atoms with Gasteiger partial charge < -0.3 is 10.1 Å². The van der Waals surface area contributed by atoms with Crippen LogP contribution >= 0.6 is 11.6 Å². The van der Waals surface area contributed by atoms with E-state index < -0.39 is 28.4 Å². The zero-order chi connectivity index (χ0) is 16.0. The zero-order valence-corrected chi connectivity index (χ0v) is 12.9. The summed E-state index contributed by atoms with van der Waals surface area (Å²) >= 11 is 5.47. The summed E-state index contributed by atoms with van der Waals surface area (Å²) in [6, 6.07) is 2.40. The quantitative estimate of drug-likeness (QED) is 0.653. The molecule has 0 aliphatic carbocycles. The van der Waals surface area contributed by atoms with E-state index in [1.807, 2.05) is 0 Å². The lowest BCUT2D eigenvalue weighted by Gasteiger charge is -2.19. The average Bonchev–Trinajstić information content (AvgIpc) is 2.36. The summed E-state index contributed by atoms with van der Waals surface area (Å²) in [5.41, 5.74) is -0.354. The second-order valence-electron chi connectivity index (χ2n) is 5.38. The Morgan fingerprint density at radius 3 is 2.67 bits per heavy atom. The lowest BCUT2D eigenvalue weighted by Crippen LogP contribution is -2.32. The van der Waals surface area contributed by atoms with Gasteiger partial charge in [-0.25, -0.2) is 13.6 Å². The fraction of sp³-hybridized carbons (Fsp3) is 0.400. The molecule has 1 aromatic carbocycles. The molecule has 1 aromatic rings. The Morgan fingerprint density at radius 1 is 1.38 bits per heavy atom. The molecule has 0 heterocycles. The van der Waals surface area contributed by atoms with Gasteiger partial charge in [-0.3, -0.25) is 0 Å². The van der Waals surface area contributed by atoms with Gasteiger partial charge in [0.2, 0.25) is 0 Å². The predicted molar refractivity (Wildman–Crippen MR) is 79.3 cm³/mol. The molecule has 116 valence electrons. The first-order chi connectivity index (χ1) is 9.70. The molecule has 21 heavy (non-hydrogen) atoms. The number of rotatable bonds is 4. The molecular formula is C15H18ClF2NO2. The van der Waals surface area contributed by atoms with Gasteiger partial charge in [0.1, 0.15) is 16.4 Å². The SMILES string of the molecule is CC(C)(C)OC(=O)NCCC=Cc1ccc(F)c(Cl)c1F. The van der Waals surface area contributed by atoms with Crippen molar-refractivity contribution < 1.29 is 18.3 Å². The van der Waals surface area contributed by atoms with Gasteiger partial charge in [-0.15, -0.1) is 0 Å². The van der Waals surface area contributed by atoms with E-state index in [1.54, 1.807) is 26.8 Å². The molecule has 0 aliphatic heterocycles. The van der Waals surface area contributed by atoms with Crippen molar-refractivity contribution in [3.63, 3.8) is 0 Å². The van der Waals surface area contributed by atoms with E-state index in [4.69, 9.17) is 16.3 Å². The van der Waals surface area contributed by atoms with Crippen LogP contribution in [0.3, 0.4) is 0 Å². The van der Waals surface area contributed by atoms with Crippen molar-refractivity contribution >= 4 is 23.8 Å². The van der Waals surface area contributed by atoms with Crippen LogP contribution < -0.4 is 5.32 Å². The second kappa shape index (κ2) is 7.41. The Kier molecular flexibility index (Phi) is 6.15. The van der Waals surface area contributed by atoms with Crippen LogP contribution in [0.25, 0.3) is 6.08 Å². The van der Waals surface area contributed by atoms with Crippen molar-refractivity contribution in [2.24, 2.45) is 0 Å². The number of carbonyl (C=O) groups is 1. The molecule has 1 N–H and O–H groups in total. The maximum Gasteiger partial charge on any atom is 0.407 e. The third-order valence-electron chi connectivity index (χ3n) is 2.34. The lowest BCUT2D eigenvalue weighted by atomic mass is 10.2. The summed E-state index contributed by atoms with van der Waals surface area (Å²) < 4.78 is 31.6. The standard InChI is InChI=1S/C15H18ClF2NO2/c1-15(2,3)21-14(20)19-9-5-4-6-10-7-8-11(17)12(16)13(10)18/h4,6-8H,5,9H2,1-3H3,(H,19,20). The summed E-state index contributed by atoms with van der Waals surface area (Å²) in [5, 5.41) is 2.04. The van der Waals surface area contributed by atoms with Crippen LogP contribution in [-0.2, 0) is 4.74 Å². The fourth-order valence-electron chi connectivity index (χ4n) is 1.45. The third-order valence-corrected chi connectivity index (χ3v) is 2.69. The first-order valence-corrected chi connectivity index (χ1v) is 6.85. The number of alkyl carbamates (subject to hydrolysis) is 1. The highest BCUT2D eigenvalue weighted by molar-refractivity contribution is 6.31. The molecule has 0 saturated carbocycles. The second-order valence-corrected chi connectivity index (χ2v) is 5.76. The fourth-order valence-corrected chi connectivity index (χ4v) is 1.62. The van der Waals surface area contributed by atoms with Gasteiger partial charge in [0.25, 0.3) is 0 Å². The molecule has 0 spiro atoms. The summed E-state index contributed by atoms with van der Waals surface area (Å²) in [5.74, 6) is -1.59. The van der Waals surface area contributed by atoms with Gasteiger partial charge in [-0.2, -0.15) is 0 Å². The molecule has 0 aromatic heterocycles. The van der Waals surface area contributed by atoms with Crippen molar-refractivity contribution in [2.75, 3.05) is 6.54 Å². The molecule has 0 radical (unpaired) electrons. The minimum absolute atomic E-state index is 0.193. The Hall–Kier alpha value is -1.62. The van der Waals surface area contributed by atoms with Gasteiger partial charge in [-0.05, 0) is 39.3 Å². The van der Waals surface area contributed by atoms with Gasteiger partial charge >= 0.3 is 6.09 Å². The predicted octanol–water partition coefficient (Wildman–Crippen LogP) is 4.55. The normalized spacial score (nSPS) is 11.7. The molecular weight excluding hydrogens is 300 g/mol. The summed E-state index contributed by atoms with van der Waals surface area (Å²) in [4.78, 5) is 11.4. The molecule has 0 atom stereocenters. The maximum atomic E-state index is 13.6. The van der Waals surface area contributed by atoms with Crippen LogP contribution in [0.2, 0.25) is 5.02 Å². The van der Waals surface area contributed by atoms with Gasteiger partial charge in [-0.1, -0.05) is 23.8 Å². The number of hydrogen-bond donors (Lipinski definition) is 1. The highest BCUT2D eigenvalue weighted by atomic mass is 35.5. The minimum Gasteiger partial charge on any atom is -0.444 e. The molecule has 0 fully saturated rings. The van der Waals surface area contributed by atoms with Crippen molar-refractivity contribution in [1.82, 2.24) is 5.32 Å². The number of halogens is 3. The smallest absolute Gasteiger partial charge is 0.407 e. The van der Waals surface area contributed by atoms with E-state index >= 15 is 0 Å². The molecule has 0 unspecified atom stereocenters. The zero-order valence-electron chi connectivity index (χ0n) is 12.2. The molecule has 0 saturated heterocycles. The first-order valence-electron chi connectivity index (χ1n) is 6.47. The highest BCUT2D eigenvalue weighted by Gasteiger charge is 2.15. The third kappa shape index (κ3) is 6.12. The van der Waals surface area contributed by atoms with Crippen molar-refractivity contribution in [1.29, 1.82) is 0 Å². The van der Waals surface area contributed by atoms with Crippen molar-refractivity contribution in [3.05, 3.63) is 40.4 Å². The molecule has 0 bridgehead atoms. The number of nitrogens with one attached hydrogen (secondary N) is 1. The van der Waals surface area contributed by atoms with E-state index in [9.17, 15) is 13.6 Å². The molecule has 3 nitrogen and oxygen atoms in total. The largest absolute Gasteiger partial charge is 0.444 e. The van der Waals surface area contributed by atoms with E-state index in [2.05, 4.69) is 5.32 Å². The van der Waals surface area contributed by atoms with Crippen molar-refractivity contribution in [2.45, 2.75) is 32.8 Å². The van der Waals surface area contributed by atoms with Crippen LogP contribution in [0, 0.1) is 11.6 Å². The number of hydrogen-bond acceptors (Lipinski definition) is 2. The van der Waals surface area contributed by atoms with Crippen LogP contribution in [0.5, 0.6) is 0 Å². The Labute approximate surface area is 127 Å². The maximum absolute atomic E-state index is 13.6. The lowest BCUT2D eigenvalue weighted by molar-refractivity contribution is 0.0529. The topological polar surface area (TPSA) is 38.3 Å². The van der Waals surface area contributed by atoms with E-state index in [0.29, 0.717) is 13.0 Å². The molecule has 6 heteroatoms. The van der Waals surface area contributed by atoms with Gasteiger partial charge in [0.15, 0.2) is 5.82 Å². The van der Waals surface area contributed by atoms with E-state index in [0.717, 1.165) is 6.07 Å². The van der Waals surface area contributed by atoms with E-state index in [1.165, 1.54) is 12.1 Å². The van der Waals surface area contributed by atoms with Crippen molar-refractivity contribution in [3.8, 4) is 0 Å². The Bertz CT molecular complexity index is 539. The van der Waals surface area contributed by atoms with Crippen LogP contribution in [0.15, 0.2) is 18.2 Å². The summed E-state index contributed by atoms with van der Waals surface area (Å²) in [6.07, 6.45) is 3.11. The number of ether oxygens (including phenoxy) is 1. The number of benzene rings is 1. The van der Waals surface area contributed by atoms with Gasteiger partial charge in [0.05, 0.1) is 0 Å². The van der Waals surface area contributed by atoms with Crippen LogP contribution in [0.4, 0.5) is 13.6 Å². The molecule has 1 amide bonds. The van der Waals surface area contributed by atoms with E-state index in [-0.39, 0.29) is 5.56 Å². The van der Waals surface area contributed by atoms with Crippen LogP contribution in [-0.4, -0.2) is 18.2 Å². The highest BCUT2D eigenvalue weighted by Crippen LogP contribution is 2.22. The molecule has 1 rings (SSSR count).